The van der Waals surface area contributed by atoms with Gasteiger partial charge in [-0.25, -0.2) is 8.78 Å². The molecule has 0 aromatic heterocycles. The molecule has 92 valence electrons. The van der Waals surface area contributed by atoms with E-state index in [9.17, 15) is 8.78 Å². The van der Waals surface area contributed by atoms with Gasteiger partial charge in [-0.2, -0.15) is 0 Å². The number of hydrogen-bond acceptors (Lipinski definition) is 2. The third-order valence-electron chi connectivity index (χ3n) is 3.86. The summed E-state index contributed by atoms with van der Waals surface area (Å²) >= 11 is 0. The predicted molar refractivity (Wildman–Crippen MR) is 63.1 cm³/mol. The van der Waals surface area contributed by atoms with Gasteiger partial charge in [0.2, 0.25) is 0 Å². The second-order valence-electron chi connectivity index (χ2n) is 4.85. The minimum atomic E-state index is -0.366. The van der Waals surface area contributed by atoms with E-state index in [-0.39, 0.29) is 11.6 Å². The molecule has 1 saturated heterocycles. The van der Waals surface area contributed by atoms with Gasteiger partial charge in [0.1, 0.15) is 11.6 Å². The zero-order valence-corrected chi connectivity index (χ0v) is 9.63. The largest absolute Gasteiger partial charge is 0.363 e. The summed E-state index contributed by atoms with van der Waals surface area (Å²) in [7, 11) is 0. The number of anilines is 1. The molecule has 0 spiro atoms. The Balaban J connectivity index is 1.94. The van der Waals surface area contributed by atoms with Crippen LogP contribution in [0.15, 0.2) is 18.2 Å². The van der Waals surface area contributed by atoms with Gasteiger partial charge in [-0.1, -0.05) is 0 Å². The average Bonchev–Trinajstić information content (AvgIpc) is 2.80. The van der Waals surface area contributed by atoms with E-state index in [1.807, 2.05) is 4.90 Å². The third-order valence-corrected chi connectivity index (χ3v) is 3.86. The summed E-state index contributed by atoms with van der Waals surface area (Å²) in [6.07, 6.45) is 3.36. The highest BCUT2D eigenvalue weighted by Crippen LogP contribution is 2.32. The van der Waals surface area contributed by atoms with Gasteiger partial charge in [-0.05, 0) is 31.4 Å². The molecule has 1 heterocycles. The first-order valence-corrected chi connectivity index (χ1v) is 6.21. The Morgan fingerprint density at radius 3 is 3.00 bits per heavy atom. The van der Waals surface area contributed by atoms with Crippen molar-refractivity contribution in [1.29, 1.82) is 0 Å². The molecule has 0 radical (unpaired) electrons. The van der Waals surface area contributed by atoms with Crippen molar-refractivity contribution in [2.24, 2.45) is 0 Å². The Labute approximate surface area is 99.6 Å². The van der Waals surface area contributed by atoms with Gasteiger partial charge in [0.25, 0.3) is 0 Å². The van der Waals surface area contributed by atoms with Crippen LogP contribution in [0, 0.1) is 11.6 Å². The normalized spacial score (nSPS) is 28.2. The van der Waals surface area contributed by atoms with Crippen LogP contribution in [0.5, 0.6) is 0 Å². The monoisotopic (exact) mass is 238 g/mol. The fourth-order valence-electron chi connectivity index (χ4n) is 3.09. The highest BCUT2D eigenvalue weighted by molar-refractivity contribution is 5.50. The number of nitrogens with one attached hydrogen (secondary N) is 1. The first kappa shape index (κ1) is 11.0. The van der Waals surface area contributed by atoms with E-state index >= 15 is 0 Å². The summed E-state index contributed by atoms with van der Waals surface area (Å²) in [6, 6.07) is 4.46. The van der Waals surface area contributed by atoms with Gasteiger partial charge in [-0.3, -0.25) is 0 Å². The quantitative estimate of drug-likeness (QED) is 0.807. The Hall–Kier alpha value is -1.16. The fraction of sp³-hybridized carbons (Fsp3) is 0.538. The lowest BCUT2D eigenvalue weighted by Crippen LogP contribution is -2.55. The SMILES string of the molecule is Fc1ccc(F)c(N2CCNC3CCCC32)c1. The molecule has 2 unspecified atom stereocenters. The van der Waals surface area contributed by atoms with Gasteiger partial charge >= 0.3 is 0 Å². The maximum absolute atomic E-state index is 13.8. The Bertz CT molecular complexity index is 422. The first-order valence-electron chi connectivity index (χ1n) is 6.21. The lowest BCUT2D eigenvalue weighted by molar-refractivity contribution is 0.399. The van der Waals surface area contributed by atoms with Crippen LogP contribution in [0.4, 0.5) is 14.5 Å². The second kappa shape index (κ2) is 4.26. The van der Waals surface area contributed by atoms with E-state index in [1.54, 1.807) is 0 Å². The number of piperazine rings is 1. The van der Waals surface area contributed by atoms with Crippen molar-refractivity contribution in [2.75, 3.05) is 18.0 Å². The molecule has 0 bridgehead atoms. The average molecular weight is 238 g/mol. The van der Waals surface area contributed by atoms with E-state index in [0.29, 0.717) is 17.8 Å². The van der Waals surface area contributed by atoms with Gasteiger partial charge in [-0.15, -0.1) is 0 Å². The van der Waals surface area contributed by atoms with Crippen LogP contribution in [0.1, 0.15) is 19.3 Å². The van der Waals surface area contributed by atoms with Crippen molar-refractivity contribution < 1.29 is 8.78 Å². The maximum atomic E-state index is 13.8. The summed E-state index contributed by atoms with van der Waals surface area (Å²) in [4.78, 5) is 2.03. The molecule has 2 nitrogen and oxygen atoms in total. The van der Waals surface area contributed by atoms with Crippen LogP contribution >= 0.6 is 0 Å². The Morgan fingerprint density at radius 1 is 1.24 bits per heavy atom. The molecule has 1 aromatic carbocycles. The minimum absolute atomic E-state index is 0.319. The van der Waals surface area contributed by atoms with Crippen LogP contribution in [0.3, 0.4) is 0 Å². The van der Waals surface area contributed by atoms with Crippen molar-refractivity contribution in [1.82, 2.24) is 5.32 Å². The number of benzene rings is 1. The van der Waals surface area contributed by atoms with E-state index in [1.165, 1.54) is 18.2 Å². The number of rotatable bonds is 1. The third kappa shape index (κ3) is 1.90. The molecule has 2 fully saturated rings. The molecular weight excluding hydrogens is 222 g/mol. The molecule has 17 heavy (non-hydrogen) atoms. The summed E-state index contributed by atoms with van der Waals surface area (Å²) in [5, 5.41) is 3.46. The lowest BCUT2D eigenvalue weighted by atomic mass is 10.1. The van der Waals surface area contributed by atoms with Gasteiger partial charge in [0.05, 0.1) is 5.69 Å². The summed E-state index contributed by atoms with van der Waals surface area (Å²) in [5.41, 5.74) is 0.420. The molecule has 3 rings (SSSR count). The molecule has 2 aliphatic rings. The molecule has 1 saturated carbocycles. The highest BCUT2D eigenvalue weighted by Gasteiger charge is 2.35. The van der Waals surface area contributed by atoms with Crippen LogP contribution in [-0.2, 0) is 0 Å². The van der Waals surface area contributed by atoms with Crippen molar-refractivity contribution in [2.45, 2.75) is 31.3 Å². The smallest absolute Gasteiger partial charge is 0.146 e. The molecule has 0 amide bonds. The predicted octanol–water partition coefficient (Wildman–Crippen LogP) is 2.30. The van der Waals surface area contributed by atoms with Crippen molar-refractivity contribution >= 4 is 5.69 Å². The van der Waals surface area contributed by atoms with Crippen LogP contribution in [-0.4, -0.2) is 25.2 Å². The van der Waals surface area contributed by atoms with Crippen molar-refractivity contribution in [3.63, 3.8) is 0 Å². The van der Waals surface area contributed by atoms with Crippen molar-refractivity contribution in [3.8, 4) is 0 Å². The number of halogens is 2. The fourth-order valence-corrected chi connectivity index (χ4v) is 3.09. The van der Waals surface area contributed by atoms with E-state index in [4.69, 9.17) is 0 Å². The van der Waals surface area contributed by atoms with Gasteiger partial charge < -0.3 is 10.2 Å². The Kier molecular flexibility index (Phi) is 2.74. The summed E-state index contributed by atoms with van der Waals surface area (Å²) in [6.45, 7) is 1.60. The summed E-state index contributed by atoms with van der Waals surface area (Å²) in [5.74, 6) is -0.687. The highest BCUT2D eigenvalue weighted by atomic mass is 19.1. The molecule has 2 atom stereocenters. The molecule has 1 N–H and O–H groups in total. The topological polar surface area (TPSA) is 15.3 Å². The van der Waals surface area contributed by atoms with Gasteiger partial charge in [0.15, 0.2) is 0 Å². The van der Waals surface area contributed by atoms with Crippen molar-refractivity contribution in [3.05, 3.63) is 29.8 Å². The van der Waals surface area contributed by atoms with E-state index < -0.39 is 0 Å². The van der Waals surface area contributed by atoms with E-state index in [2.05, 4.69) is 5.32 Å². The minimum Gasteiger partial charge on any atom is -0.363 e. The zero-order chi connectivity index (χ0) is 11.8. The lowest BCUT2D eigenvalue weighted by Gasteiger charge is -2.40. The van der Waals surface area contributed by atoms with Gasteiger partial charge in [0, 0.05) is 31.2 Å². The standard InChI is InChI=1S/C13H16F2N2/c14-9-4-5-10(15)13(8-9)17-7-6-16-11-2-1-3-12(11)17/h4-5,8,11-12,16H,1-3,6-7H2. The van der Waals surface area contributed by atoms with Crippen LogP contribution in [0.2, 0.25) is 0 Å². The second-order valence-corrected chi connectivity index (χ2v) is 4.85. The maximum Gasteiger partial charge on any atom is 0.146 e. The van der Waals surface area contributed by atoms with Crippen LogP contribution < -0.4 is 10.2 Å². The molecule has 1 aliphatic carbocycles. The van der Waals surface area contributed by atoms with Crippen LogP contribution in [0.25, 0.3) is 0 Å². The molecule has 4 heteroatoms. The summed E-state index contributed by atoms with van der Waals surface area (Å²) < 4.78 is 27.0. The number of hydrogen-bond donors (Lipinski definition) is 1. The Morgan fingerprint density at radius 2 is 2.12 bits per heavy atom. The number of fused-ring (bicyclic) bond motifs is 1. The zero-order valence-electron chi connectivity index (χ0n) is 9.63. The van der Waals surface area contributed by atoms with E-state index in [0.717, 1.165) is 32.4 Å². The first-order chi connectivity index (χ1) is 8.25. The molecule has 1 aliphatic heterocycles. The molecule has 1 aromatic rings. The number of nitrogens with zero attached hydrogens (tertiary/aromatic N) is 1. The molecular formula is C13H16F2N2.